The minimum atomic E-state index is -3.11. The van der Waals surface area contributed by atoms with Crippen molar-refractivity contribution in [1.82, 2.24) is 0 Å². The van der Waals surface area contributed by atoms with Crippen molar-refractivity contribution in [2.24, 2.45) is 11.1 Å². The zero-order chi connectivity index (χ0) is 12.1. The summed E-state index contributed by atoms with van der Waals surface area (Å²) in [6.45, 7) is 9.80. The van der Waals surface area contributed by atoms with Crippen molar-refractivity contribution in [3.63, 3.8) is 0 Å². The fourth-order valence-electron chi connectivity index (χ4n) is 1.16. The van der Waals surface area contributed by atoms with Gasteiger partial charge < -0.3 is 0 Å². The van der Waals surface area contributed by atoms with Crippen LogP contribution in [0.15, 0.2) is 35.3 Å². The summed E-state index contributed by atoms with van der Waals surface area (Å²) in [6, 6.07) is 0. The summed E-state index contributed by atoms with van der Waals surface area (Å²) in [5, 5.41) is 5.22. The molecule has 0 fully saturated rings. The third-order valence-corrected chi connectivity index (χ3v) is 2.86. The van der Waals surface area contributed by atoms with E-state index >= 15 is 0 Å². The Labute approximate surface area is 92.9 Å². The smallest absolute Gasteiger partial charge is 0.131 e. The molecule has 0 aliphatic heterocycles. The van der Waals surface area contributed by atoms with Crippen LogP contribution in [0.5, 0.6) is 0 Å². The normalized spacial score (nSPS) is 17.0. The van der Waals surface area contributed by atoms with E-state index in [2.05, 4.69) is 20.4 Å². The van der Waals surface area contributed by atoms with Gasteiger partial charge in [-0.2, -0.15) is 0 Å². The largest absolute Gasteiger partial charge is 0.241 e. The lowest BCUT2D eigenvalue weighted by Gasteiger charge is -2.04. The van der Waals surface area contributed by atoms with Gasteiger partial charge in [-0.25, -0.2) is 14.1 Å². The number of hydrogen-bond donors (Lipinski definition) is 2. The fourth-order valence-corrected chi connectivity index (χ4v) is 1.79. The molecule has 0 bridgehead atoms. The summed E-state index contributed by atoms with van der Waals surface area (Å²) in [5.74, 6) is 0.537. The molecule has 0 rings (SSSR count). The van der Waals surface area contributed by atoms with Gasteiger partial charge in [0.1, 0.15) is 9.92 Å². The zero-order valence-corrected chi connectivity index (χ0v) is 10.4. The van der Waals surface area contributed by atoms with Gasteiger partial charge >= 0.3 is 0 Å². The van der Waals surface area contributed by atoms with Crippen LogP contribution in [-0.4, -0.2) is 4.21 Å². The molecule has 0 spiro atoms. The summed E-state index contributed by atoms with van der Waals surface area (Å²) >= 11 is 0. The molecule has 0 amide bonds. The van der Waals surface area contributed by atoms with Crippen LogP contribution in [0.1, 0.15) is 27.2 Å². The highest BCUT2D eigenvalue weighted by Crippen LogP contribution is 2.12. The zero-order valence-electron chi connectivity index (χ0n) is 9.62. The SMILES string of the molecule is C=C(/C=C\C(=C/C)S(=N)(N)=O)CC(C)C. The number of rotatable bonds is 5. The first kappa shape index (κ1) is 14.1. The van der Waals surface area contributed by atoms with Gasteiger partial charge in [0.05, 0.1) is 4.91 Å². The quantitative estimate of drug-likeness (QED) is 0.698. The Kier molecular flexibility index (Phi) is 5.54. The van der Waals surface area contributed by atoms with Gasteiger partial charge in [0.2, 0.25) is 0 Å². The Morgan fingerprint density at radius 3 is 2.40 bits per heavy atom. The van der Waals surface area contributed by atoms with Crippen LogP contribution in [0.4, 0.5) is 0 Å². The van der Waals surface area contributed by atoms with Gasteiger partial charge in [-0.05, 0) is 25.3 Å². The number of hydrogen-bond acceptors (Lipinski definition) is 2. The lowest BCUT2D eigenvalue weighted by molar-refractivity contribution is 0.651. The fraction of sp³-hybridized carbons (Fsp3) is 0.455. The Hall–Kier alpha value is -0.870. The topological polar surface area (TPSA) is 66.9 Å². The molecule has 4 heteroatoms. The lowest BCUT2D eigenvalue weighted by atomic mass is 10.0. The third kappa shape index (κ3) is 6.25. The second-order valence-electron chi connectivity index (χ2n) is 3.88. The molecule has 0 radical (unpaired) electrons. The van der Waals surface area contributed by atoms with Crippen molar-refractivity contribution in [2.75, 3.05) is 0 Å². The summed E-state index contributed by atoms with van der Waals surface area (Å²) in [7, 11) is -3.11. The molecule has 0 heterocycles. The highest BCUT2D eigenvalue weighted by atomic mass is 32.2. The van der Waals surface area contributed by atoms with Gasteiger partial charge in [-0.3, -0.25) is 0 Å². The minimum Gasteiger partial charge on any atom is -0.241 e. The van der Waals surface area contributed by atoms with Gasteiger partial charge in [-0.1, -0.05) is 38.2 Å². The van der Waals surface area contributed by atoms with Gasteiger partial charge in [0, 0.05) is 0 Å². The van der Waals surface area contributed by atoms with Crippen molar-refractivity contribution in [2.45, 2.75) is 27.2 Å². The van der Waals surface area contributed by atoms with Crippen LogP contribution in [-0.2, 0) is 9.92 Å². The van der Waals surface area contributed by atoms with E-state index in [9.17, 15) is 4.21 Å². The molecule has 0 saturated heterocycles. The van der Waals surface area contributed by atoms with Gasteiger partial charge in [0.15, 0.2) is 0 Å². The van der Waals surface area contributed by atoms with Crippen molar-refractivity contribution in [1.29, 1.82) is 4.78 Å². The highest BCUT2D eigenvalue weighted by molar-refractivity contribution is 7.94. The Morgan fingerprint density at radius 2 is 2.07 bits per heavy atom. The second-order valence-corrected chi connectivity index (χ2v) is 5.55. The third-order valence-electron chi connectivity index (χ3n) is 1.79. The number of allylic oxidation sites excluding steroid dienone is 4. The van der Waals surface area contributed by atoms with Crippen molar-refractivity contribution < 1.29 is 4.21 Å². The van der Waals surface area contributed by atoms with E-state index in [1.165, 1.54) is 0 Å². The average molecular weight is 228 g/mol. The van der Waals surface area contributed by atoms with E-state index in [-0.39, 0.29) is 0 Å². The molecule has 3 N–H and O–H groups in total. The predicted molar refractivity (Wildman–Crippen MR) is 66.5 cm³/mol. The molecular formula is C11H20N2OS. The maximum Gasteiger partial charge on any atom is 0.131 e. The summed E-state index contributed by atoms with van der Waals surface area (Å²) in [6.07, 6.45) is 5.86. The van der Waals surface area contributed by atoms with Crippen LogP contribution >= 0.6 is 0 Å². The monoisotopic (exact) mass is 228 g/mol. The number of nitrogens with one attached hydrogen (secondary N) is 1. The van der Waals surface area contributed by atoms with Crippen LogP contribution in [0.3, 0.4) is 0 Å². The van der Waals surface area contributed by atoms with Crippen molar-refractivity contribution in [3.8, 4) is 0 Å². The molecule has 0 aromatic heterocycles. The van der Waals surface area contributed by atoms with E-state index in [0.717, 1.165) is 12.0 Å². The first-order chi connectivity index (χ1) is 6.77. The first-order valence-corrected chi connectivity index (χ1v) is 6.48. The highest BCUT2D eigenvalue weighted by Gasteiger charge is 2.02. The second kappa shape index (κ2) is 5.88. The number of nitrogens with two attached hydrogens (primary N) is 1. The van der Waals surface area contributed by atoms with E-state index < -0.39 is 9.92 Å². The van der Waals surface area contributed by atoms with Crippen molar-refractivity contribution >= 4 is 9.92 Å². The van der Waals surface area contributed by atoms with Crippen molar-refractivity contribution in [3.05, 3.63) is 35.3 Å². The van der Waals surface area contributed by atoms with Gasteiger partial charge in [0.25, 0.3) is 0 Å². The molecule has 3 nitrogen and oxygen atoms in total. The van der Waals surface area contributed by atoms with Crippen LogP contribution in [0.25, 0.3) is 0 Å². The maximum atomic E-state index is 11.2. The maximum absolute atomic E-state index is 11.2. The molecular weight excluding hydrogens is 208 g/mol. The standard InChI is InChI=1S/C11H20N2OS/c1-5-11(15(12,13)14)7-6-10(4)8-9(2)3/h5-7,9H,4,8H2,1-3H3,(H3,12,13,14)/b7-6-,11-5+. The van der Waals surface area contributed by atoms with Gasteiger partial charge in [-0.15, -0.1) is 0 Å². The lowest BCUT2D eigenvalue weighted by Crippen LogP contribution is -2.11. The molecule has 0 aliphatic carbocycles. The van der Waals surface area contributed by atoms with Crippen LogP contribution < -0.4 is 5.14 Å². The minimum absolute atomic E-state index is 0.340. The molecule has 15 heavy (non-hydrogen) atoms. The Morgan fingerprint density at radius 1 is 1.53 bits per heavy atom. The summed E-state index contributed by atoms with van der Waals surface area (Å²) in [4.78, 5) is 0.340. The van der Waals surface area contributed by atoms with E-state index in [1.54, 1.807) is 25.2 Å². The average Bonchev–Trinajstić information content (AvgIpc) is 2.01. The first-order valence-electron chi connectivity index (χ1n) is 4.86. The summed E-state index contributed by atoms with van der Waals surface area (Å²) < 4.78 is 18.5. The van der Waals surface area contributed by atoms with E-state index in [0.29, 0.717) is 10.8 Å². The van der Waals surface area contributed by atoms with E-state index in [1.807, 2.05) is 0 Å². The molecule has 1 unspecified atom stereocenters. The molecule has 0 aromatic rings. The molecule has 0 aromatic carbocycles. The Balaban J connectivity index is 4.60. The Bertz CT molecular complexity index is 375. The van der Waals surface area contributed by atoms with E-state index in [4.69, 9.17) is 9.92 Å². The molecule has 0 saturated carbocycles. The summed E-state index contributed by atoms with van der Waals surface area (Å²) in [5.41, 5.74) is 0.952. The molecule has 86 valence electrons. The van der Waals surface area contributed by atoms with Crippen LogP contribution in [0.2, 0.25) is 0 Å². The van der Waals surface area contributed by atoms with Crippen LogP contribution in [0, 0.1) is 10.7 Å². The predicted octanol–water partition coefficient (Wildman–Crippen LogP) is 2.97. The molecule has 0 aliphatic rings. The molecule has 1 atom stereocenters.